The predicted molar refractivity (Wildman–Crippen MR) is 111 cm³/mol. The summed E-state index contributed by atoms with van der Waals surface area (Å²) in [6.07, 6.45) is 0. The number of nitrogens with zero attached hydrogens (tertiary/aromatic N) is 3. The van der Waals surface area contributed by atoms with Gasteiger partial charge >= 0.3 is 10.3 Å². The molecule has 0 aliphatic heterocycles. The third-order valence-corrected chi connectivity index (χ3v) is 5.22. The van der Waals surface area contributed by atoms with E-state index >= 15 is 0 Å². The molecule has 148 valence electrons. The highest BCUT2D eigenvalue weighted by molar-refractivity contribution is 7.87. The van der Waals surface area contributed by atoms with Crippen LogP contribution in [0.15, 0.2) is 35.7 Å². The predicted octanol–water partition coefficient (Wildman–Crippen LogP) is 1.77. The number of hydrazine groups is 1. The number of hydrogen-bond acceptors (Lipinski definition) is 9. The zero-order chi connectivity index (χ0) is 20.5. The molecule has 2 aromatic heterocycles. The van der Waals surface area contributed by atoms with Crippen LogP contribution in [0.25, 0.3) is 10.6 Å². The van der Waals surface area contributed by atoms with Crippen molar-refractivity contribution in [2.24, 2.45) is 5.84 Å². The normalized spacial score (nSPS) is 11.4. The van der Waals surface area contributed by atoms with Crippen molar-refractivity contribution in [1.82, 2.24) is 9.97 Å². The molecule has 0 unspecified atom stereocenters. The van der Waals surface area contributed by atoms with Crippen LogP contribution in [0.1, 0.15) is 11.1 Å². The topological polar surface area (TPSA) is 173 Å². The fraction of sp³-hybridized carbons (Fsp3) is 0.125. The molecule has 0 saturated carbocycles. The molecule has 3 rings (SSSR count). The highest BCUT2D eigenvalue weighted by atomic mass is 32.2. The van der Waals surface area contributed by atoms with Crippen molar-refractivity contribution in [2.45, 2.75) is 13.5 Å². The van der Waals surface area contributed by atoms with Gasteiger partial charge in [0, 0.05) is 0 Å². The zero-order valence-corrected chi connectivity index (χ0v) is 16.5. The van der Waals surface area contributed by atoms with Gasteiger partial charge < -0.3 is 11.5 Å². The van der Waals surface area contributed by atoms with Crippen LogP contribution in [-0.2, 0) is 16.8 Å². The first-order valence-corrected chi connectivity index (χ1v) is 10.3. The third kappa shape index (κ3) is 4.48. The van der Waals surface area contributed by atoms with E-state index in [1.165, 1.54) is 16.3 Å². The summed E-state index contributed by atoms with van der Waals surface area (Å²) < 4.78 is 33.3. The van der Waals surface area contributed by atoms with Crippen LogP contribution < -0.4 is 27.0 Å². The summed E-state index contributed by atoms with van der Waals surface area (Å²) >= 11 is 1.46. The molecule has 0 aliphatic rings. The van der Waals surface area contributed by atoms with Crippen molar-refractivity contribution >= 4 is 44.8 Å². The van der Waals surface area contributed by atoms with E-state index in [9.17, 15) is 8.42 Å². The van der Waals surface area contributed by atoms with Gasteiger partial charge in [-0.3, -0.25) is 14.3 Å². The average Bonchev–Trinajstić information content (AvgIpc) is 3.12. The van der Waals surface area contributed by atoms with E-state index in [4.69, 9.17) is 21.9 Å². The fourth-order valence-electron chi connectivity index (χ4n) is 2.58. The molecule has 0 aliphatic carbocycles. The number of nitrogens with two attached hydrogens (primary N) is 3. The zero-order valence-electron chi connectivity index (χ0n) is 14.8. The minimum absolute atomic E-state index is 0.0284. The van der Waals surface area contributed by atoms with E-state index in [1.807, 2.05) is 17.5 Å². The molecule has 10 nitrogen and oxygen atoms in total. The van der Waals surface area contributed by atoms with Gasteiger partial charge in [0.25, 0.3) is 0 Å². The Hall–Kier alpha value is -2.93. The minimum atomic E-state index is -4.39. The van der Waals surface area contributed by atoms with Crippen LogP contribution in [0.4, 0.5) is 23.1 Å². The molecule has 0 spiro atoms. The van der Waals surface area contributed by atoms with E-state index in [-0.39, 0.29) is 29.7 Å². The Morgan fingerprint density at radius 3 is 2.64 bits per heavy atom. The van der Waals surface area contributed by atoms with Gasteiger partial charge in [0.05, 0.1) is 17.1 Å². The summed E-state index contributed by atoms with van der Waals surface area (Å²) in [4.78, 5) is 9.16. The number of nitrogens with one attached hydrogen (secondary N) is 1. The van der Waals surface area contributed by atoms with Crippen molar-refractivity contribution in [3.05, 3.63) is 46.8 Å². The summed E-state index contributed by atoms with van der Waals surface area (Å²) in [5, 5.41) is 3.19. The number of aryl methyl sites for hydroxylation is 1. The number of aromatic nitrogens is 2. The maximum atomic E-state index is 11.1. The second kappa shape index (κ2) is 7.59. The maximum absolute atomic E-state index is 11.1. The van der Waals surface area contributed by atoms with Gasteiger partial charge in [-0.25, -0.2) is 10.8 Å². The summed E-state index contributed by atoms with van der Waals surface area (Å²) in [5.74, 6) is 6.44. The van der Waals surface area contributed by atoms with E-state index < -0.39 is 10.3 Å². The lowest BCUT2D eigenvalue weighted by Crippen LogP contribution is -2.32. The highest BCUT2D eigenvalue weighted by Gasteiger charge is 2.17. The molecule has 2 heterocycles. The molecule has 0 amide bonds. The molecule has 1 aromatic carbocycles. The number of benzene rings is 1. The second-order valence-corrected chi connectivity index (χ2v) is 8.10. The first-order chi connectivity index (χ1) is 13.1. The quantitative estimate of drug-likeness (QED) is 0.226. The summed E-state index contributed by atoms with van der Waals surface area (Å²) in [6.45, 7) is 1.86. The highest BCUT2D eigenvalue weighted by Crippen LogP contribution is 2.34. The minimum Gasteiger partial charge on any atom is -0.394 e. The molecule has 0 radical (unpaired) electrons. The van der Waals surface area contributed by atoms with Gasteiger partial charge in [0.15, 0.2) is 5.82 Å². The molecule has 0 fully saturated rings. The molecular weight excluding hydrogens is 402 g/mol. The molecule has 28 heavy (non-hydrogen) atoms. The van der Waals surface area contributed by atoms with Crippen molar-refractivity contribution in [1.29, 1.82) is 0 Å². The Kier molecular flexibility index (Phi) is 5.38. The average molecular weight is 422 g/mol. The lowest BCUT2D eigenvalue weighted by atomic mass is 10.1. The fourth-order valence-corrected chi connectivity index (χ4v) is 3.81. The summed E-state index contributed by atoms with van der Waals surface area (Å²) in [5.41, 5.74) is 14.3. The van der Waals surface area contributed by atoms with Gasteiger partial charge in [0.2, 0.25) is 5.95 Å². The first-order valence-electron chi connectivity index (χ1n) is 7.98. The third-order valence-electron chi connectivity index (χ3n) is 3.86. The van der Waals surface area contributed by atoms with Gasteiger partial charge in [-0.15, -0.1) is 11.3 Å². The SMILES string of the molecule is Cc1ccc(CN(N)c2nc(N)nc(-c3cccs3)c2N)cc1NS(=O)(=O)O. The van der Waals surface area contributed by atoms with Crippen LogP contribution >= 0.6 is 11.3 Å². The van der Waals surface area contributed by atoms with Gasteiger partial charge in [-0.1, -0.05) is 18.2 Å². The first kappa shape index (κ1) is 19.8. The Balaban J connectivity index is 1.92. The van der Waals surface area contributed by atoms with Crippen molar-refractivity contribution in [3.63, 3.8) is 0 Å². The van der Waals surface area contributed by atoms with Crippen molar-refractivity contribution in [2.75, 3.05) is 21.2 Å². The van der Waals surface area contributed by atoms with E-state index in [2.05, 4.69) is 14.7 Å². The van der Waals surface area contributed by atoms with Crippen LogP contribution in [0.3, 0.4) is 0 Å². The number of nitrogen functional groups attached to an aromatic ring is 2. The molecule has 12 heteroatoms. The van der Waals surface area contributed by atoms with Gasteiger partial charge in [-0.2, -0.15) is 13.4 Å². The largest absolute Gasteiger partial charge is 0.394 e. The molecule has 3 aromatic rings. The van der Waals surface area contributed by atoms with Crippen molar-refractivity contribution in [3.8, 4) is 10.6 Å². The maximum Gasteiger partial charge on any atom is 0.357 e. The Morgan fingerprint density at radius 1 is 1.25 bits per heavy atom. The molecule has 8 N–H and O–H groups in total. The molecule has 0 bridgehead atoms. The van der Waals surface area contributed by atoms with Crippen LogP contribution in [-0.4, -0.2) is 22.9 Å². The molecule has 0 atom stereocenters. The Morgan fingerprint density at radius 2 is 2.00 bits per heavy atom. The van der Waals surface area contributed by atoms with Crippen molar-refractivity contribution < 1.29 is 13.0 Å². The summed E-state index contributed by atoms with van der Waals surface area (Å²) in [7, 11) is -4.39. The standard InChI is InChI=1S/C16H19N7O3S2/c1-9-4-5-10(7-11(9)22-28(24,25)26)8-23(19)15-13(17)14(20-16(18)21-15)12-3-2-6-27-12/h2-7,22H,8,17,19H2,1H3,(H2,18,20,21)(H,24,25,26). The van der Waals surface area contributed by atoms with E-state index in [0.717, 1.165) is 4.88 Å². The monoisotopic (exact) mass is 421 g/mol. The number of hydrogen-bond donors (Lipinski definition) is 5. The van der Waals surface area contributed by atoms with Crippen LogP contribution in [0.5, 0.6) is 0 Å². The lowest BCUT2D eigenvalue weighted by Gasteiger charge is -2.21. The van der Waals surface area contributed by atoms with Gasteiger partial charge in [0.1, 0.15) is 11.4 Å². The van der Waals surface area contributed by atoms with E-state index in [1.54, 1.807) is 25.1 Å². The smallest absolute Gasteiger partial charge is 0.357 e. The van der Waals surface area contributed by atoms with Gasteiger partial charge in [-0.05, 0) is 35.6 Å². The van der Waals surface area contributed by atoms with Crippen LogP contribution in [0, 0.1) is 6.92 Å². The Labute approximate surface area is 165 Å². The number of anilines is 4. The second-order valence-electron chi connectivity index (χ2n) is 6.00. The van der Waals surface area contributed by atoms with E-state index in [0.29, 0.717) is 16.8 Å². The number of rotatable bonds is 6. The lowest BCUT2D eigenvalue weighted by molar-refractivity contribution is 0.489. The molecular formula is C16H19N7O3S2. The number of thiophene rings is 1. The Bertz CT molecular complexity index is 1100. The van der Waals surface area contributed by atoms with Crippen LogP contribution in [0.2, 0.25) is 0 Å². The molecule has 0 saturated heterocycles. The summed E-state index contributed by atoms with van der Waals surface area (Å²) in [6, 6.07) is 8.76.